The van der Waals surface area contributed by atoms with E-state index in [1.54, 1.807) is 0 Å². The number of rotatable bonds is 2. The van der Waals surface area contributed by atoms with Gasteiger partial charge in [-0.25, -0.2) is 0 Å². The van der Waals surface area contributed by atoms with Crippen molar-refractivity contribution in [3.63, 3.8) is 0 Å². The van der Waals surface area contributed by atoms with Gasteiger partial charge in [-0.2, -0.15) is 0 Å². The largest absolute Gasteiger partial charge is 0.352 e. The predicted molar refractivity (Wildman–Crippen MR) is 69.8 cm³/mol. The van der Waals surface area contributed by atoms with Crippen LogP contribution >= 0.6 is 0 Å². The molecule has 3 nitrogen and oxygen atoms in total. The average Bonchev–Trinajstić information content (AvgIpc) is 2.64. The topological polar surface area (TPSA) is 41.1 Å². The lowest BCUT2D eigenvalue weighted by Gasteiger charge is -2.26. The fourth-order valence-electron chi connectivity index (χ4n) is 3.06. The lowest BCUT2D eigenvalue weighted by atomic mass is 9.98. The molecule has 3 unspecified atom stereocenters. The molecule has 1 aliphatic carbocycles. The fraction of sp³-hybridized carbons (Fsp3) is 0.929. The SMILES string of the molecule is CC1CCCC(NC(=O)C2(C)CCCN2)CC1. The van der Waals surface area contributed by atoms with Crippen molar-refractivity contribution in [3.8, 4) is 0 Å². The molecular weight excluding hydrogens is 212 g/mol. The smallest absolute Gasteiger partial charge is 0.240 e. The Balaban J connectivity index is 1.85. The van der Waals surface area contributed by atoms with E-state index in [9.17, 15) is 4.79 Å². The third kappa shape index (κ3) is 3.21. The predicted octanol–water partition coefficient (Wildman–Crippen LogP) is 2.21. The van der Waals surface area contributed by atoms with Crippen molar-refractivity contribution in [2.45, 2.75) is 70.4 Å². The first-order valence-electron chi connectivity index (χ1n) is 7.16. The Bertz CT molecular complexity index is 271. The van der Waals surface area contributed by atoms with Gasteiger partial charge in [0.15, 0.2) is 0 Å². The van der Waals surface area contributed by atoms with Gasteiger partial charge in [0.25, 0.3) is 0 Å². The normalized spacial score (nSPS) is 38.7. The Labute approximate surface area is 105 Å². The van der Waals surface area contributed by atoms with E-state index in [1.165, 1.54) is 19.3 Å². The van der Waals surface area contributed by atoms with Crippen molar-refractivity contribution >= 4 is 5.91 Å². The molecule has 2 fully saturated rings. The lowest BCUT2D eigenvalue weighted by molar-refractivity contribution is -0.127. The van der Waals surface area contributed by atoms with Crippen LogP contribution in [-0.4, -0.2) is 24.0 Å². The molecule has 1 aliphatic heterocycles. The van der Waals surface area contributed by atoms with Crippen molar-refractivity contribution < 1.29 is 4.79 Å². The summed E-state index contributed by atoms with van der Waals surface area (Å²) in [4.78, 5) is 12.3. The maximum Gasteiger partial charge on any atom is 0.240 e. The molecule has 17 heavy (non-hydrogen) atoms. The first-order valence-corrected chi connectivity index (χ1v) is 7.16. The van der Waals surface area contributed by atoms with E-state index in [-0.39, 0.29) is 11.4 Å². The quantitative estimate of drug-likeness (QED) is 0.724. The minimum absolute atomic E-state index is 0.217. The zero-order chi connectivity index (χ0) is 12.3. The van der Waals surface area contributed by atoms with E-state index in [1.807, 2.05) is 6.92 Å². The standard InChI is InChI=1S/C14H26N2O/c1-11-5-3-6-12(8-7-11)16-13(17)14(2)9-4-10-15-14/h11-12,15H,3-10H2,1-2H3,(H,16,17). The summed E-state index contributed by atoms with van der Waals surface area (Å²) in [6, 6.07) is 0.409. The summed E-state index contributed by atoms with van der Waals surface area (Å²) in [5, 5.41) is 6.60. The van der Waals surface area contributed by atoms with Crippen molar-refractivity contribution in [2.75, 3.05) is 6.54 Å². The van der Waals surface area contributed by atoms with Gasteiger partial charge < -0.3 is 10.6 Å². The highest BCUT2D eigenvalue weighted by Crippen LogP contribution is 2.24. The second-order valence-electron chi connectivity index (χ2n) is 6.15. The molecule has 98 valence electrons. The van der Waals surface area contributed by atoms with Crippen molar-refractivity contribution in [1.29, 1.82) is 0 Å². The van der Waals surface area contributed by atoms with Gasteiger partial charge in [-0.1, -0.05) is 19.8 Å². The van der Waals surface area contributed by atoms with Crippen LogP contribution in [0.4, 0.5) is 0 Å². The molecule has 2 rings (SSSR count). The summed E-state index contributed by atoms with van der Waals surface area (Å²) in [7, 11) is 0. The molecule has 0 aromatic rings. The number of amides is 1. The lowest BCUT2D eigenvalue weighted by Crippen LogP contribution is -2.53. The van der Waals surface area contributed by atoms with E-state index in [2.05, 4.69) is 17.6 Å². The molecule has 1 amide bonds. The van der Waals surface area contributed by atoms with Crippen molar-refractivity contribution in [2.24, 2.45) is 5.92 Å². The molecule has 2 N–H and O–H groups in total. The number of nitrogens with one attached hydrogen (secondary N) is 2. The molecule has 3 atom stereocenters. The molecular formula is C14H26N2O. The van der Waals surface area contributed by atoms with Gasteiger partial charge in [0.1, 0.15) is 0 Å². The van der Waals surface area contributed by atoms with Gasteiger partial charge in [-0.15, -0.1) is 0 Å². The monoisotopic (exact) mass is 238 g/mol. The summed E-state index contributed by atoms with van der Waals surface area (Å²) in [5.74, 6) is 1.05. The average molecular weight is 238 g/mol. The van der Waals surface area contributed by atoms with Crippen molar-refractivity contribution in [1.82, 2.24) is 10.6 Å². The van der Waals surface area contributed by atoms with Crippen LogP contribution in [-0.2, 0) is 4.79 Å². The third-order valence-electron chi connectivity index (χ3n) is 4.46. The number of carbonyl (C=O) groups is 1. The fourth-order valence-corrected chi connectivity index (χ4v) is 3.06. The van der Waals surface area contributed by atoms with Crippen molar-refractivity contribution in [3.05, 3.63) is 0 Å². The van der Waals surface area contributed by atoms with Gasteiger partial charge in [-0.05, 0) is 51.5 Å². The van der Waals surface area contributed by atoms with Crippen LogP contribution in [0.1, 0.15) is 58.8 Å². The number of hydrogen-bond acceptors (Lipinski definition) is 2. The molecule has 0 spiro atoms. The molecule has 0 bridgehead atoms. The maximum absolute atomic E-state index is 12.3. The minimum Gasteiger partial charge on any atom is -0.352 e. The van der Waals surface area contributed by atoms with Crippen LogP contribution in [0.25, 0.3) is 0 Å². The first-order chi connectivity index (χ1) is 8.10. The number of hydrogen-bond donors (Lipinski definition) is 2. The highest BCUT2D eigenvalue weighted by molar-refractivity contribution is 5.86. The summed E-state index contributed by atoms with van der Waals surface area (Å²) in [6.07, 6.45) is 8.25. The van der Waals surface area contributed by atoms with Crippen LogP contribution in [0, 0.1) is 5.92 Å². The maximum atomic E-state index is 12.3. The van der Waals surface area contributed by atoms with Gasteiger partial charge in [0, 0.05) is 6.04 Å². The molecule has 1 heterocycles. The van der Waals surface area contributed by atoms with Crippen LogP contribution in [0.5, 0.6) is 0 Å². The Morgan fingerprint density at radius 3 is 2.76 bits per heavy atom. The molecule has 0 aromatic carbocycles. The van der Waals surface area contributed by atoms with Gasteiger partial charge in [-0.3, -0.25) is 4.79 Å². The molecule has 3 heteroatoms. The summed E-state index contributed by atoms with van der Waals surface area (Å²) in [5.41, 5.74) is -0.308. The van der Waals surface area contributed by atoms with Gasteiger partial charge in [0.2, 0.25) is 5.91 Å². The van der Waals surface area contributed by atoms with Crippen LogP contribution < -0.4 is 10.6 Å². The summed E-state index contributed by atoms with van der Waals surface area (Å²) < 4.78 is 0. The molecule has 1 saturated heterocycles. The van der Waals surface area contributed by atoms with Crippen LogP contribution in [0.15, 0.2) is 0 Å². The summed E-state index contributed by atoms with van der Waals surface area (Å²) in [6.45, 7) is 5.34. The highest BCUT2D eigenvalue weighted by atomic mass is 16.2. The van der Waals surface area contributed by atoms with E-state index >= 15 is 0 Å². The van der Waals surface area contributed by atoms with E-state index in [0.29, 0.717) is 6.04 Å². The van der Waals surface area contributed by atoms with E-state index in [4.69, 9.17) is 0 Å². The van der Waals surface area contributed by atoms with Gasteiger partial charge in [0.05, 0.1) is 5.54 Å². The van der Waals surface area contributed by atoms with Gasteiger partial charge >= 0.3 is 0 Å². The Kier molecular flexibility index (Phi) is 4.08. The van der Waals surface area contributed by atoms with Crippen LogP contribution in [0.2, 0.25) is 0 Å². The number of carbonyl (C=O) groups excluding carboxylic acids is 1. The second-order valence-corrected chi connectivity index (χ2v) is 6.15. The second kappa shape index (κ2) is 5.38. The summed E-state index contributed by atoms with van der Waals surface area (Å²) >= 11 is 0. The minimum atomic E-state index is -0.308. The molecule has 0 radical (unpaired) electrons. The third-order valence-corrected chi connectivity index (χ3v) is 4.46. The zero-order valence-corrected chi connectivity index (χ0v) is 11.2. The first kappa shape index (κ1) is 12.9. The Morgan fingerprint density at radius 2 is 2.06 bits per heavy atom. The zero-order valence-electron chi connectivity index (χ0n) is 11.2. The molecule has 0 aromatic heterocycles. The van der Waals surface area contributed by atoms with E-state index in [0.717, 1.165) is 38.1 Å². The van der Waals surface area contributed by atoms with Crippen LogP contribution in [0.3, 0.4) is 0 Å². The highest BCUT2D eigenvalue weighted by Gasteiger charge is 2.36. The Hall–Kier alpha value is -0.570. The Morgan fingerprint density at radius 1 is 1.24 bits per heavy atom. The van der Waals surface area contributed by atoms with E-state index < -0.39 is 0 Å². The molecule has 2 aliphatic rings. The molecule has 1 saturated carbocycles.